The third-order valence-electron chi connectivity index (χ3n) is 2.83. The number of para-hydroxylation sites is 2. The second kappa shape index (κ2) is 3.92. The van der Waals surface area contributed by atoms with Crippen molar-refractivity contribution in [2.45, 2.75) is 6.18 Å². The maximum absolute atomic E-state index is 13.2. The molecule has 0 radical (unpaired) electrons. The van der Waals surface area contributed by atoms with Crippen LogP contribution in [0.15, 0.2) is 30.5 Å². The summed E-state index contributed by atoms with van der Waals surface area (Å²) < 4.78 is 40.3. The summed E-state index contributed by atoms with van der Waals surface area (Å²) in [7, 11) is 0. The molecule has 0 aliphatic heterocycles. The second-order valence-electron chi connectivity index (χ2n) is 4.06. The van der Waals surface area contributed by atoms with Crippen LogP contribution in [0.5, 0.6) is 0 Å². The van der Waals surface area contributed by atoms with Crippen molar-refractivity contribution in [2.75, 3.05) is 0 Å². The maximum atomic E-state index is 13.2. The van der Waals surface area contributed by atoms with E-state index in [0.29, 0.717) is 11.7 Å². The van der Waals surface area contributed by atoms with E-state index in [2.05, 4.69) is 9.97 Å². The Bertz CT molecular complexity index is 839. The Balaban J connectivity index is 2.57. The highest BCUT2D eigenvalue weighted by Gasteiger charge is 2.39. The molecule has 1 N–H and O–H groups in total. The fraction of sp³-hybridized carbons (Fsp3) is 0.0833. The molecule has 102 valence electrons. The molecule has 5 nitrogen and oxygen atoms in total. The van der Waals surface area contributed by atoms with E-state index in [4.69, 9.17) is 5.11 Å². The second-order valence-corrected chi connectivity index (χ2v) is 4.06. The first-order valence-electron chi connectivity index (χ1n) is 5.46. The number of hydrogen-bond acceptors (Lipinski definition) is 3. The first-order valence-corrected chi connectivity index (χ1v) is 5.46. The summed E-state index contributed by atoms with van der Waals surface area (Å²) in [4.78, 5) is 18.6. The lowest BCUT2D eigenvalue weighted by molar-refractivity contribution is -0.142. The molecule has 0 spiro atoms. The van der Waals surface area contributed by atoms with Crippen LogP contribution in [0.1, 0.15) is 16.1 Å². The number of nitrogens with zero attached hydrogens (tertiary/aromatic N) is 3. The van der Waals surface area contributed by atoms with Crippen LogP contribution in [0.3, 0.4) is 0 Å². The van der Waals surface area contributed by atoms with Crippen molar-refractivity contribution < 1.29 is 23.1 Å². The fourth-order valence-corrected chi connectivity index (χ4v) is 2.06. The highest BCUT2D eigenvalue weighted by atomic mass is 19.4. The van der Waals surface area contributed by atoms with Gasteiger partial charge in [-0.2, -0.15) is 13.2 Å². The summed E-state index contributed by atoms with van der Waals surface area (Å²) in [5.74, 6) is -1.88. The van der Waals surface area contributed by atoms with Gasteiger partial charge in [0.1, 0.15) is 11.3 Å². The van der Waals surface area contributed by atoms with Crippen molar-refractivity contribution in [3.63, 3.8) is 0 Å². The molecule has 0 saturated heterocycles. The lowest BCUT2D eigenvalue weighted by Gasteiger charge is -2.12. The average Bonchev–Trinajstić information content (AvgIpc) is 2.74. The number of carbonyl (C=O) groups is 1. The number of carboxylic acid groups (broad SMARTS) is 1. The number of fused-ring (bicyclic) bond motifs is 3. The molecular weight excluding hydrogens is 275 g/mol. The standard InChI is InChI=1S/C12H6F3N3O2/c13-12(14,15)9-6(10(19)20)5-16-11-17-7-3-1-2-4-8(7)18(9)11/h1-5H,(H,19,20). The number of carboxylic acids is 1. The zero-order valence-corrected chi connectivity index (χ0v) is 9.72. The summed E-state index contributed by atoms with van der Waals surface area (Å²) >= 11 is 0. The molecule has 1 aromatic carbocycles. The Morgan fingerprint density at radius 3 is 2.60 bits per heavy atom. The Morgan fingerprint density at radius 2 is 1.95 bits per heavy atom. The minimum absolute atomic E-state index is 0.158. The number of aromatic carboxylic acids is 1. The minimum atomic E-state index is -4.83. The van der Waals surface area contributed by atoms with Crippen molar-refractivity contribution in [1.29, 1.82) is 0 Å². The predicted octanol–water partition coefficient (Wildman–Crippen LogP) is 2.60. The van der Waals surface area contributed by atoms with Crippen LogP contribution >= 0.6 is 0 Å². The summed E-state index contributed by atoms with van der Waals surface area (Å²) in [6.45, 7) is 0. The van der Waals surface area contributed by atoms with Crippen LogP contribution in [-0.4, -0.2) is 25.4 Å². The van der Waals surface area contributed by atoms with E-state index < -0.39 is 23.4 Å². The van der Waals surface area contributed by atoms with Crippen LogP contribution in [-0.2, 0) is 6.18 Å². The molecule has 0 saturated carbocycles. The van der Waals surface area contributed by atoms with E-state index in [1.807, 2.05) is 0 Å². The van der Waals surface area contributed by atoms with E-state index >= 15 is 0 Å². The van der Waals surface area contributed by atoms with Gasteiger partial charge < -0.3 is 5.11 Å². The number of benzene rings is 1. The lowest BCUT2D eigenvalue weighted by Crippen LogP contribution is -2.18. The van der Waals surface area contributed by atoms with Gasteiger partial charge in [-0.1, -0.05) is 12.1 Å². The van der Waals surface area contributed by atoms with Crippen LogP contribution in [0.4, 0.5) is 13.2 Å². The highest BCUT2D eigenvalue weighted by molar-refractivity contribution is 5.90. The molecule has 0 bridgehead atoms. The molecule has 2 heterocycles. The predicted molar refractivity (Wildman–Crippen MR) is 62.5 cm³/mol. The first-order chi connectivity index (χ1) is 9.39. The zero-order valence-electron chi connectivity index (χ0n) is 9.72. The van der Waals surface area contributed by atoms with Crippen LogP contribution in [0.25, 0.3) is 16.8 Å². The van der Waals surface area contributed by atoms with E-state index in [1.165, 1.54) is 12.1 Å². The van der Waals surface area contributed by atoms with Crippen molar-refractivity contribution in [3.8, 4) is 0 Å². The third kappa shape index (κ3) is 1.68. The Kier molecular flexibility index (Phi) is 2.43. The molecule has 0 unspecified atom stereocenters. The molecule has 0 aliphatic carbocycles. The minimum Gasteiger partial charge on any atom is -0.478 e. The van der Waals surface area contributed by atoms with Crippen molar-refractivity contribution in [3.05, 3.63) is 41.7 Å². The van der Waals surface area contributed by atoms with Crippen molar-refractivity contribution >= 4 is 22.8 Å². The largest absolute Gasteiger partial charge is 0.478 e. The summed E-state index contributed by atoms with van der Waals surface area (Å²) in [5, 5.41) is 8.92. The topological polar surface area (TPSA) is 67.5 Å². The maximum Gasteiger partial charge on any atom is 0.432 e. The number of rotatable bonds is 1. The summed E-state index contributed by atoms with van der Waals surface area (Å²) in [5.41, 5.74) is -1.73. The molecule has 8 heteroatoms. The Hall–Kier alpha value is -2.64. The molecule has 0 fully saturated rings. The molecular formula is C12H6F3N3O2. The Morgan fingerprint density at radius 1 is 1.25 bits per heavy atom. The van der Waals surface area contributed by atoms with Gasteiger partial charge in [0.05, 0.1) is 11.0 Å². The van der Waals surface area contributed by atoms with E-state index in [0.717, 1.165) is 4.40 Å². The normalized spacial score (nSPS) is 12.2. The first kappa shape index (κ1) is 12.4. The summed E-state index contributed by atoms with van der Waals surface area (Å²) in [6, 6.07) is 6.13. The fourth-order valence-electron chi connectivity index (χ4n) is 2.06. The van der Waals surface area contributed by atoms with Gasteiger partial charge in [0, 0.05) is 6.20 Å². The number of hydrogen-bond donors (Lipinski definition) is 1. The summed E-state index contributed by atoms with van der Waals surface area (Å²) in [6.07, 6.45) is -4.16. The smallest absolute Gasteiger partial charge is 0.432 e. The van der Waals surface area contributed by atoms with Crippen molar-refractivity contribution in [1.82, 2.24) is 14.4 Å². The number of imidazole rings is 1. The van der Waals surface area contributed by atoms with Gasteiger partial charge >= 0.3 is 12.1 Å². The van der Waals surface area contributed by atoms with E-state index in [-0.39, 0.29) is 11.3 Å². The zero-order chi connectivity index (χ0) is 14.5. The van der Waals surface area contributed by atoms with Crippen LogP contribution in [0.2, 0.25) is 0 Å². The van der Waals surface area contributed by atoms with Crippen LogP contribution < -0.4 is 0 Å². The van der Waals surface area contributed by atoms with Crippen molar-refractivity contribution in [2.24, 2.45) is 0 Å². The molecule has 20 heavy (non-hydrogen) atoms. The molecule has 3 rings (SSSR count). The molecule has 3 aromatic rings. The van der Waals surface area contributed by atoms with E-state index in [9.17, 15) is 18.0 Å². The van der Waals surface area contributed by atoms with Gasteiger partial charge in [-0.15, -0.1) is 0 Å². The van der Waals surface area contributed by atoms with Gasteiger partial charge in [0.25, 0.3) is 0 Å². The average molecular weight is 281 g/mol. The van der Waals surface area contributed by atoms with Gasteiger partial charge in [-0.25, -0.2) is 14.8 Å². The Labute approximate surface area is 109 Å². The molecule has 0 aliphatic rings. The van der Waals surface area contributed by atoms with Gasteiger partial charge in [0.15, 0.2) is 0 Å². The quantitative estimate of drug-likeness (QED) is 0.744. The third-order valence-corrected chi connectivity index (χ3v) is 2.83. The monoisotopic (exact) mass is 281 g/mol. The number of halogens is 3. The molecule has 2 aromatic heterocycles. The van der Waals surface area contributed by atoms with E-state index in [1.54, 1.807) is 12.1 Å². The number of aromatic nitrogens is 3. The molecule has 0 atom stereocenters. The number of alkyl halides is 3. The van der Waals surface area contributed by atoms with Crippen LogP contribution in [0, 0.1) is 0 Å². The van der Waals surface area contributed by atoms with Gasteiger partial charge in [0.2, 0.25) is 5.78 Å². The molecule has 0 amide bonds. The van der Waals surface area contributed by atoms with Gasteiger partial charge in [-0.05, 0) is 12.1 Å². The SMILES string of the molecule is O=C(O)c1cnc2nc3ccccc3n2c1C(F)(F)F. The highest BCUT2D eigenvalue weighted by Crippen LogP contribution is 2.33. The lowest BCUT2D eigenvalue weighted by atomic mass is 10.2. The van der Waals surface area contributed by atoms with Gasteiger partial charge in [-0.3, -0.25) is 4.40 Å².